The Morgan fingerprint density at radius 3 is 2.86 bits per heavy atom. The lowest BCUT2D eigenvalue weighted by atomic mass is 10.1. The number of pyridine rings is 1. The minimum Gasteiger partial charge on any atom is -0.370 e. The molecular weight excluding hydrogens is 302 g/mol. The maximum atomic E-state index is 13.0. The molecule has 1 atom stereocenters. The Balaban J connectivity index is 2.06. The van der Waals surface area contributed by atoms with Gasteiger partial charge in [0.1, 0.15) is 4.90 Å². The molecule has 6 nitrogen and oxygen atoms in total. The minimum atomic E-state index is -3.70. The zero-order valence-corrected chi connectivity index (χ0v) is 12.8. The van der Waals surface area contributed by atoms with Gasteiger partial charge in [0, 0.05) is 30.6 Å². The van der Waals surface area contributed by atoms with Crippen LogP contribution in [-0.4, -0.2) is 36.2 Å². The van der Waals surface area contributed by atoms with Crippen LogP contribution in [0.25, 0.3) is 10.9 Å². The van der Waals surface area contributed by atoms with Crippen LogP contribution in [-0.2, 0) is 14.8 Å². The van der Waals surface area contributed by atoms with Crippen molar-refractivity contribution in [2.45, 2.75) is 30.2 Å². The van der Waals surface area contributed by atoms with E-state index in [2.05, 4.69) is 4.98 Å². The molecular formula is C15H17N3O3S. The topological polar surface area (TPSA) is 93.4 Å². The van der Waals surface area contributed by atoms with Gasteiger partial charge in [-0.05, 0) is 25.0 Å². The van der Waals surface area contributed by atoms with E-state index in [1.807, 2.05) is 12.1 Å². The summed E-state index contributed by atoms with van der Waals surface area (Å²) >= 11 is 0. The summed E-state index contributed by atoms with van der Waals surface area (Å²) in [6.07, 6.45) is 3.01. The first-order valence-electron chi connectivity index (χ1n) is 7.14. The van der Waals surface area contributed by atoms with Gasteiger partial charge < -0.3 is 5.73 Å². The molecule has 3 rings (SSSR count). The molecule has 7 heteroatoms. The van der Waals surface area contributed by atoms with E-state index in [0.717, 1.165) is 11.8 Å². The number of benzene rings is 1. The van der Waals surface area contributed by atoms with Crippen LogP contribution in [0.1, 0.15) is 19.3 Å². The van der Waals surface area contributed by atoms with Gasteiger partial charge in [0.2, 0.25) is 15.9 Å². The lowest BCUT2D eigenvalue weighted by molar-refractivity contribution is -0.118. The number of fused-ring (bicyclic) bond motifs is 1. The van der Waals surface area contributed by atoms with Gasteiger partial charge in [-0.25, -0.2) is 8.42 Å². The standard InChI is InChI=1S/C15H17N3O3S/c16-14(19)10-12-6-3-9-18(12)22(20,21)13-7-1-4-11-5-2-8-17-15(11)13/h1-2,4-5,7-8,12H,3,6,9-10H2,(H2,16,19)/t12-/m0/s1. The third kappa shape index (κ3) is 2.57. The van der Waals surface area contributed by atoms with Crippen molar-refractivity contribution < 1.29 is 13.2 Å². The molecule has 1 aliphatic heterocycles. The lowest BCUT2D eigenvalue weighted by Crippen LogP contribution is -2.38. The maximum Gasteiger partial charge on any atom is 0.245 e. The van der Waals surface area contributed by atoms with E-state index < -0.39 is 15.9 Å². The second-order valence-corrected chi connectivity index (χ2v) is 7.27. The second kappa shape index (κ2) is 5.66. The van der Waals surface area contributed by atoms with Gasteiger partial charge in [-0.2, -0.15) is 4.31 Å². The summed E-state index contributed by atoms with van der Waals surface area (Å²) in [5, 5.41) is 0.772. The lowest BCUT2D eigenvalue weighted by Gasteiger charge is -2.23. The number of nitrogens with two attached hydrogens (primary N) is 1. The Labute approximate surface area is 129 Å². The molecule has 0 aliphatic carbocycles. The SMILES string of the molecule is NC(=O)C[C@@H]1CCCN1S(=O)(=O)c1cccc2cccnc12. The molecule has 0 saturated carbocycles. The normalized spacial score (nSPS) is 19.5. The van der Waals surface area contributed by atoms with Gasteiger partial charge >= 0.3 is 0 Å². The van der Waals surface area contributed by atoms with Crippen LogP contribution < -0.4 is 5.73 Å². The summed E-state index contributed by atoms with van der Waals surface area (Å²) in [7, 11) is -3.70. The van der Waals surface area contributed by atoms with Crippen molar-refractivity contribution in [1.29, 1.82) is 0 Å². The van der Waals surface area contributed by atoms with E-state index in [1.54, 1.807) is 24.4 Å². The number of aromatic nitrogens is 1. The van der Waals surface area contributed by atoms with E-state index in [9.17, 15) is 13.2 Å². The largest absolute Gasteiger partial charge is 0.370 e. The first kappa shape index (κ1) is 14.9. The molecule has 1 aromatic heterocycles. The van der Waals surface area contributed by atoms with Crippen LogP contribution in [0.3, 0.4) is 0 Å². The van der Waals surface area contributed by atoms with Gasteiger partial charge in [0.15, 0.2) is 0 Å². The Kier molecular flexibility index (Phi) is 3.84. The van der Waals surface area contributed by atoms with E-state index in [1.165, 1.54) is 4.31 Å². The number of primary amides is 1. The smallest absolute Gasteiger partial charge is 0.245 e. The second-order valence-electron chi connectivity index (χ2n) is 5.41. The summed E-state index contributed by atoms with van der Waals surface area (Å²) < 4.78 is 27.3. The molecule has 22 heavy (non-hydrogen) atoms. The van der Waals surface area contributed by atoms with Crippen molar-refractivity contribution in [1.82, 2.24) is 9.29 Å². The molecule has 1 amide bonds. The van der Waals surface area contributed by atoms with Crippen LogP contribution >= 0.6 is 0 Å². The number of hydrogen-bond acceptors (Lipinski definition) is 4. The van der Waals surface area contributed by atoms with Crippen LogP contribution in [0.15, 0.2) is 41.4 Å². The zero-order valence-electron chi connectivity index (χ0n) is 12.0. The van der Waals surface area contributed by atoms with Gasteiger partial charge in [-0.15, -0.1) is 0 Å². The monoisotopic (exact) mass is 319 g/mol. The molecule has 116 valence electrons. The van der Waals surface area contributed by atoms with E-state index in [4.69, 9.17) is 5.73 Å². The fraction of sp³-hybridized carbons (Fsp3) is 0.333. The van der Waals surface area contributed by atoms with Gasteiger partial charge in [-0.1, -0.05) is 18.2 Å². The molecule has 1 aliphatic rings. The van der Waals surface area contributed by atoms with Crippen molar-refractivity contribution in [3.8, 4) is 0 Å². The van der Waals surface area contributed by atoms with Crippen molar-refractivity contribution >= 4 is 26.8 Å². The third-order valence-electron chi connectivity index (χ3n) is 3.94. The van der Waals surface area contributed by atoms with Crippen molar-refractivity contribution in [3.05, 3.63) is 36.5 Å². The molecule has 0 bridgehead atoms. The van der Waals surface area contributed by atoms with E-state index in [0.29, 0.717) is 18.5 Å². The Hall–Kier alpha value is -1.99. The van der Waals surface area contributed by atoms with Crippen LogP contribution in [0.4, 0.5) is 0 Å². The first-order valence-corrected chi connectivity index (χ1v) is 8.58. The molecule has 1 aromatic carbocycles. The number of carbonyl (C=O) groups excluding carboxylic acids is 1. The maximum absolute atomic E-state index is 13.0. The van der Waals surface area contributed by atoms with Crippen molar-refractivity contribution in [2.24, 2.45) is 5.73 Å². The predicted octanol–water partition coefficient (Wildman–Crippen LogP) is 1.26. The number of hydrogen-bond donors (Lipinski definition) is 1. The molecule has 0 spiro atoms. The van der Waals surface area contributed by atoms with E-state index >= 15 is 0 Å². The molecule has 2 aromatic rings. The van der Waals surface area contributed by atoms with Crippen LogP contribution in [0.5, 0.6) is 0 Å². The molecule has 1 fully saturated rings. The first-order chi connectivity index (χ1) is 10.5. The molecule has 1 saturated heterocycles. The van der Waals surface area contributed by atoms with E-state index in [-0.39, 0.29) is 17.4 Å². The van der Waals surface area contributed by atoms with Gasteiger partial charge in [-0.3, -0.25) is 9.78 Å². The highest BCUT2D eigenvalue weighted by Gasteiger charge is 2.36. The Morgan fingerprint density at radius 1 is 1.32 bits per heavy atom. The Morgan fingerprint density at radius 2 is 2.09 bits per heavy atom. The zero-order chi connectivity index (χ0) is 15.7. The highest BCUT2D eigenvalue weighted by Crippen LogP contribution is 2.30. The van der Waals surface area contributed by atoms with Gasteiger partial charge in [0.05, 0.1) is 5.52 Å². The number of carbonyl (C=O) groups is 1. The molecule has 0 radical (unpaired) electrons. The summed E-state index contributed by atoms with van der Waals surface area (Å²) in [4.78, 5) is 15.6. The molecule has 2 N–H and O–H groups in total. The summed E-state index contributed by atoms with van der Waals surface area (Å²) in [6, 6.07) is 8.32. The third-order valence-corrected chi connectivity index (χ3v) is 5.93. The van der Waals surface area contributed by atoms with Gasteiger partial charge in [0.25, 0.3) is 0 Å². The number of rotatable bonds is 4. The Bertz CT molecular complexity index is 814. The highest BCUT2D eigenvalue weighted by atomic mass is 32.2. The minimum absolute atomic E-state index is 0.0530. The summed E-state index contributed by atoms with van der Waals surface area (Å²) in [6.45, 7) is 0.406. The average Bonchev–Trinajstić information content (AvgIpc) is 2.94. The average molecular weight is 319 g/mol. The highest BCUT2D eigenvalue weighted by molar-refractivity contribution is 7.89. The number of nitrogens with zero attached hydrogens (tertiary/aromatic N) is 2. The number of para-hydroxylation sites is 1. The number of sulfonamides is 1. The fourth-order valence-corrected chi connectivity index (χ4v) is 4.83. The van der Waals surface area contributed by atoms with Crippen LogP contribution in [0, 0.1) is 0 Å². The quantitative estimate of drug-likeness (QED) is 0.918. The fourth-order valence-electron chi connectivity index (χ4n) is 2.97. The summed E-state index contributed by atoms with van der Waals surface area (Å²) in [5.74, 6) is -0.483. The molecule has 2 heterocycles. The van der Waals surface area contributed by atoms with Crippen LogP contribution in [0.2, 0.25) is 0 Å². The number of amides is 1. The predicted molar refractivity (Wildman–Crippen MR) is 82.5 cm³/mol. The van der Waals surface area contributed by atoms with Crippen molar-refractivity contribution in [3.63, 3.8) is 0 Å². The van der Waals surface area contributed by atoms with Crippen molar-refractivity contribution in [2.75, 3.05) is 6.54 Å². The molecule has 0 unspecified atom stereocenters. The summed E-state index contributed by atoms with van der Waals surface area (Å²) in [5.41, 5.74) is 5.69.